The highest BCUT2D eigenvalue weighted by Gasteiger charge is 2.32. The van der Waals surface area contributed by atoms with Crippen LogP contribution in [0.25, 0.3) is 0 Å². The average molecular weight is 381 g/mol. The van der Waals surface area contributed by atoms with Gasteiger partial charge in [-0.25, -0.2) is 8.42 Å². The molecule has 0 saturated carbocycles. The highest BCUT2D eigenvalue weighted by atomic mass is 32.2. The fourth-order valence-electron chi connectivity index (χ4n) is 2.94. The first-order chi connectivity index (χ1) is 12.3. The van der Waals surface area contributed by atoms with Gasteiger partial charge in [0.1, 0.15) is 5.75 Å². The van der Waals surface area contributed by atoms with Crippen LogP contribution in [0.1, 0.15) is 0 Å². The van der Waals surface area contributed by atoms with Gasteiger partial charge in [0, 0.05) is 33.2 Å². The van der Waals surface area contributed by atoms with E-state index in [0.717, 1.165) is 0 Å². The second-order valence-electron chi connectivity index (χ2n) is 5.83. The molecule has 1 aromatic carbocycles. The molecular weight excluding hydrogens is 362 g/mol. The van der Waals surface area contributed by atoms with Crippen LogP contribution in [0.2, 0.25) is 0 Å². The van der Waals surface area contributed by atoms with Crippen molar-refractivity contribution in [2.24, 2.45) is 7.05 Å². The minimum Gasteiger partial charge on any atom is -0.497 e. The Morgan fingerprint density at radius 2 is 1.77 bits per heavy atom. The third-order valence-electron chi connectivity index (χ3n) is 4.30. The minimum absolute atomic E-state index is 0.193. The Hall–Kier alpha value is -2.66. The first-order valence-electron chi connectivity index (χ1n) is 7.89. The number of hydrogen-bond donors (Lipinski definition) is 0. The molecule has 2 aromatic rings. The van der Waals surface area contributed by atoms with Crippen LogP contribution in [0, 0.1) is 10.1 Å². The van der Waals surface area contributed by atoms with Crippen LogP contribution in [-0.2, 0) is 17.1 Å². The number of benzene rings is 1. The molecule has 0 amide bonds. The van der Waals surface area contributed by atoms with E-state index in [4.69, 9.17) is 4.74 Å². The molecule has 0 radical (unpaired) electrons. The predicted octanol–water partition coefficient (Wildman–Crippen LogP) is 0.848. The van der Waals surface area contributed by atoms with E-state index < -0.39 is 14.9 Å². The maximum atomic E-state index is 12.8. The number of nitro groups is 1. The summed E-state index contributed by atoms with van der Waals surface area (Å²) in [7, 11) is -0.430. The lowest BCUT2D eigenvalue weighted by Gasteiger charge is -2.34. The molecule has 1 fully saturated rings. The van der Waals surface area contributed by atoms with Crippen LogP contribution in [0.4, 0.5) is 11.6 Å². The van der Waals surface area contributed by atoms with Gasteiger partial charge in [-0.3, -0.25) is 4.57 Å². The maximum absolute atomic E-state index is 12.8. The number of hydrogen-bond acceptors (Lipinski definition) is 7. The van der Waals surface area contributed by atoms with Gasteiger partial charge in [-0.05, 0) is 34.2 Å². The molecule has 3 rings (SSSR count). The van der Waals surface area contributed by atoms with Gasteiger partial charge in [0.2, 0.25) is 22.2 Å². The van der Waals surface area contributed by atoms with Gasteiger partial charge >= 0.3 is 5.82 Å². The van der Waals surface area contributed by atoms with E-state index in [0.29, 0.717) is 24.7 Å². The number of methoxy groups -OCH3 is 1. The van der Waals surface area contributed by atoms with Crippen molar-refractivity contribution in [1.29, 1.82) is 0 Å². The summed E-state index contributed by atoms with van der Waals surface area (Å²) in [6.45, 7) is 1.15. The van der Waals surface area contributed by atoms with Crippen LogP contribution in [0.5, 0.6) is 5.75 Å². The zero-order chi connectivity index (χ0) is 18.9. The summed E-state index contributed by atoms with van der Waals surface area (Å²) in [5, 5.41) is 11.1. The van der Waals surface area contributed by atoms with Crippen molar-refractivity contribution < 1.29 is 18.1 Å². The second kappa shape index (κ2) is 6.92. The summed E-state index contributed by atoms with van der Waals surface area (Å²) < 4.78 is 33.5. The Labute approximate surface area is 150 Å². The average Bonchev–Trinajstić information content (AvgIpc) is 3.03. The first-order valence-corrected chi connectivity index (χ1v) is 9.33. The van der Waals surface area contributed by atoms with Gasteiger partial charge < -0.3 is 19.8 Å². The monoisotopic (exact) mass is 381 g/mol. The lowest BCUT2D eigenvalue weighted by Crippen LogP contribution is -2.49. The first kappa shape index (κ1) is 18.1. The Kier molecular flexibility index (Phi) is 4.83. The molecule has 1 aliphatic rings. The molecule has 1 aliphatic heterocycles. The number of aromatic nitrogens is 2. The van der Waals surface area contributed by atoms with Crippen LogP contribution in [0.3, 0.4) is 0 Å². The molecule has 0 N–H and O–H groups in total. The third-order valence-corrected chi connectivity index (χ3v) is 6.21. The van der Waals surface area contributed by atoms with E-state index in [1.807, 2.05) is 0 Å². The Bertz CT molecular complexity index is 901. The summed E-state index contributed by atoms with van der Waals surface area (Å²) >= 11 is 0. The predicted molar refractivity (Wildman–Crippen MR) is 93.8 cm³/mol. The van der Waals surface area contributed by atoms with Crippen molar-refractivity contribution in [3.05, 3.63) is 40.7 Å². The van der Waals surface area contributed by atoms with Crippen molar-refractivity contribution in [2.75, 3.05) is 38.2 Å². The van der Waals surface area contributed by atoms with E-state index in [2.05, 4.69) is 4.98 Å². The van der Waals surface area contributed by atoms with Gasteiger partial charge in [-0.1, -0.05) is 0 Å². The zero-order valence-electron chi connectivity index (χ0n) is 14.4. The molecule has 140 valence electrons. The molecule has 10 nitrogen and oxygen atoms in total. The summed E-state index contributed by atoms with van der Waals surface area (Å²) in [6.07, 6.45) is 1.38. The number of aryl methyl sites for hydroxylation is 1. The standard InChI is InChI=1S/C15H19N5O5S/c1-17-11-16-14(20(21)22)15(17)18-7-9-19(10-8-18)26(23,24)13-5-3-12(25-2)4-6-13/h3-6,11H,7-10H2,1-2H3. The molecular formula is C15H19N5O5S. The molecule has 0 bridgehead atoms. The Morgan fingerprint density at radius 3 is 2.31 bits per heavy atom. The smallest absolute Gasteiger partial charge is 0.406 e. The molecule has 0 spiro atoms. The Balaban J connectivity index is 1.75. The van der Waals surface area contributed by atoms with E-state index >= 15 is 0 Å². The van der Waals surface area contributed by atoms with Crippen molar-refractivity contribution in [1.82, 2.24) is 13.9 Å². The van der Waals surface area contributed by atoms with Gasteiger partial charge in [0.15, 0.2) is 0 Å². The topological polar surface area (TPSA) is 111 Å². The molecule has 1 aromatic heterocycles. The van der Waals surface area contributed by atoms with Gasteiger partial charge in [-0.15, -0.1) is 0 Å². The molecule has 0 atom stereocenters. The second-order valence-corrected chi connectivity index (χ2v) is 7.76. The highest BCUT2D eigenvalue weighted by molar-refractivity contribution is 7.89. The van der Waals surface area contributed by atoms with Gasteiger partial charge in [0.25, 0.3) is 0 Å². The number of piperazine rings is 1. The quantitative estimate of drug-likeness (QED) is 0.557. The summed E-state index contributed by atoms with van der Waals surface area (Å²) in [5.74, 6) is 0.743. The molecule has 0 unspecified atom stereocenters. The van der Waals surface area contributed by atoms with Crippen molar-refractivity contribution in [2.45, 2.75) is 4.90 Å². The van der Waals surface area contributed by atoms with E-state index in [1.165, 1.54) is 29.9 Å². The van der Waals surface area contributed by atoms with Gasteiger partial charge in [-0.2, -0.15) is 4.31 Å². The maximum Gasteiger partial charge on any atom is 0.406 e. The number of sulfonamides is 1. The van der Waals surface area contributed by atoms with Crippen molar-refractivity contribution in [3.63, 3.8) is 0 Å². The largest absolute Gasteiger partial charge is 0.497 e. The van der Waals surface area contributed by atoms with E-state index in [9.17, 15) is 18.5 Å². The number of ether oxygens (including phenoxy) is 1. The summed E-state index contributed by atoms with van der Waals surface area (Å²) in [5.41, 5.74) is 0. The van der Waals surface area contributed by atoms with Crippen LogP contribution in [0.15, 0.2) is 35.5 Å². The molecule has 0 aliphatic carbocycles. The Morgan fingerprint density at radius 1 is 1.15 bits per heavy atom. The van der Waals surface area contributed by atoms with Crippen LogP contribution >= 0.6 is 0 Å². The lowest BCUT2D eigenvalue weighted by molar-refractivity contribution is -0.388. The van der Waals surface area contributed by atoms with Gasteiger partial charge in [0.05, 0.1) is 12.0 Å². The number of imidazole rings is 1. The molecule has 11 heteroatoms. The minimum atomic E-state index is -3.62. The molecule has 1 saturated heterocycles. The van der Waals surface area contributed by atoms with Crippen LogP contribution in [-0.4, -0.2) is 60.5 Å². The lowest BCUT2D eigenvalue weighted by atomic mass is 10.3. The number of nitrogens with zero attached hydrogens (tertiary/aromatic N) is 5. The van der Waals surface area contributed by atoms with Crippen molar-refractivity contribution >= 4 is 21.7 Å². The number of rotatable bonds is 5. The fourth-order valence-corrected chi connectivity index (χ4v) is 4.36. The zero-order valence-corrected chi connectivity index (χ0v) is 15.2. The summed E-state index contributed by atoms with van der Waals surface area (Å²) in [6, 6.07) is 6.21. The van der Waals surface area contributed by atoms with Crippen LogP contribution < -0.4 is 9.64 Å². The molecule has 2 heterocycles. The van der Waals surface area contributed by atoms with E-state index in [1.54, 1.807) is 28.6 Å². The number of anilines is 1. The molecule has 26 heavy (non-hydrogen) atoms. The highest BCUT2D eigenvalue weighted by Crippen LogP contribution is 2.28. The normalized spacial score (nSPS) is 15.8. The van der Waals surface area contributed by atoms with E-state index in [-0.39, 0.29) is 23.8 Å². The van der Waals surface area contributed by atoms with Crippen molar-refractivity contribution in [3.8, 4) is 5.75 Å². The third kappa shape index (κ3) is 3.22. The summed E-state index contributed by atoms with van der Waals surface area (Å²) in [4.78, 5) is 16.4. The fraction of sp³-hybridized carbons (Fsp3) is 0.400. The SMILES string of the molecule is COc1ccc(S(=O)(=O)N2CCN(c3c([N+](=O)[O-])ncn3C)CC2)cc1.